The van der Waals surface area contributed by atoms with Crippen molar-refractivity contribution in [2.45, 2.75) is 63.7 Å². The van der Waals surface area contributed by atoms with Crippen molar-refractivity contribution in [1.82, 2.24) is 0 Å². The average molecular weight is 565 g/mol. The minimum Gasteiger partial charge on any atom is -0.451 e. The summed E-state index contributed by atoms with van der Waals surface area (Å²) in [6, 6.07) is 25.0. The molecule has 0 aromatic heterocycles. The van der Waals surface area contributed by atoms with E-state index in [0.29, 0.717) is 32.4 Å². The Morgan fingerprint density at radius 3 is 1.49 bits per heavy atom. The Balaban J connectivity index is 1.39. The molecule has 0 heterocycles. The first-order valence-electron chi connectivity index (χ1n) is 13.4. The zero-order valence-electron chi connectivity index (χ0n) is 21.8. The fourth-order valence-corrected chi connectivity index (χ4v) is 10.8. The van der Waals surface area contributed by atoms with E-state index in [0.717, 1.165) is 25.5 Å². The van der Waals surface area contributed by atoms with Crippen molar-refractivity contribution < 1.29 is 26.9 Å². The molecule has 0 radical (unpaired) electrons. The first kappa shape index (κ1) is 26.1. The molecule has 39 heavy (non-hydrogen) atoms. The third kappa shape index (κ3) is 4.89. The second kappa shape index (κ2) is 9.82. The van der Waals surface area contributed by atoms with E-state index in [9.17, 15) is 18.0 Å². The maximum Gasteiger partial charge on any atom is 0.428 e. The van der Waals surface area contributed by atoms with E-state index in [-0.39, 0.29) is 4.90 Å². The first-order chi connectivity index (χ1) is 18.7. The van der Waals surface area contributed by atoms with Gasteiger partial charge in [0.25, 0.3) is 0 Å². The molecule has 0 N–H and O–H groups in total. The van der Waals surface area contributed by atoms with Gasteiger partial charge < -0.3 is 8.92 Å². The molecule has 0 amide bonds. The van der Waals surface area contributed by atoms with Gasteiger partial charge in [0.2, 0.25) is 0 Å². The number of rotatable bonds is 6. The molecule has 3 aromatic rings. The van der Waals surface area contributed by atoms with Gasteiger partial charge in [-0.2, -0.15) is 0 Å². The van der Waals surface area contributed by atoms with Crippen LogP contribution in [0.2, 0.25) is 0 Å². The van der Waals surface area contributed by atoms with E-state index in [1.54, 1.807) is 12.1 Å². The van der Waals surface area contributed by atoms with Gasteiger partial charge >= 0.3 is 11.9 Å². The van der Waals surface area contributed by atoms with Gasteiger partial charge in [0.05, 0.1) is 4.90 Å². The normalized spacial score (nSPS) is 26.1. The van der Waals surface area contributed by atoms with Crippen molar-refractivity contribution in [3.05, 3.63) is 84.9 Å². The van der Waals surface area contributed by atoms with E-state index >= 15 is 0 Å². The van der Waals surface area contributed by atoms with Crippen LogP contribution in [0.5, 0.6) is 0 Å². The number of hydrogen-bond acceptors (Lipinski definition) is 6. The highest BCUT2D eigenvalue weighted by atomic mass is 32.3. The molecule has 7 rings (SSSR count). The van der Waals surface area contributed by atoms with E-state index in [2.05, 4.69) is 0 Å². The maximum absolute atomic E-state index is 13.7. The lowest BCUT2D eigenvalue weighted by Crippen LogP contribution is -2.53. The number of benzene rings is 3. The minimum absolute atomic E-state index is 0.160. The summed E-state index contributed by atoms with van der Waals surface area (Å²) in [5.74, 6) is -0.292. The molecule has 0 unspecified atom stereocenters. The van der Waals surface area contributed by atoms with Gasteiger partial charge in [0.15, 0.2) is 9.84 Å². The Hall–Kier alpha value is -3.10. The van der Waals surface area contributed by atoms with Crippen LogP contribution >= 0.6 is 10.3 Å². The van der Waals surface area contributed by atoms with Gasteiger partial charge in [-0.3, -0.25) is 0 Å². The highest BCUT2D eigenvalue weighted by Crippen LogP contribution is 2.69. The highest BCUT2D eigenvalue weighted by molar-refractivity contribution is 8.30. The molecule has 204 valence electrons. The van der Waals surface area contributed by atoms with Crippen LogP contribution in [-0.2, 0) is 28.3 Å². The molecule has 4 saturated carbocycles. The lowest BCUT2D eigenvalue weighted by Gasteiger charge is -2.55. The fourth-order valence-electron chi connectivity index (χ4n) is 7.20. The van der Waals surface area contributed by atoms with Crippen LogP contribution in [0.3, 0.4) is 0 Å². The van der Waals surface area contributed by atoms with Gasteiger partial charge in [-0.05, 0) is 115 Å². The first-order valence-corrected chi connectivity index (χ1v) is 16.8. The third-order valence-electron chi connectivity index (χ3n) is 8.39. The smallest absolute Gasteiger partial charge is 0.428 e. The van der Waals surface area contributed by atoms with Crippen LogP contribution in [0.4, 0.5) is 0 Å². The maximum atomic E-state index is 13.7. The molecule has 4 bridgehead atoms. The quantitative estimate of drug-likeness (QED) is 0.256. The Labute approximate surface area is 231 Å². The molecule has 0 atom stereocenters. The average Bonchev–Trinajstić information content (AvgIpc) is 2.91. The Kier molecular flexibility index (Phi) is 6.58. The second-order valence-corrected chi connectivity index (χ2v) is 16.0. The van der Waals surface area contributed by atoms with Crippen LogP contribution in [0, 0.1) is 17.8 Å². The van der Waals surface area contributed by atoms with Crippen molar-refractivity contribution >= 4 is 32.1 Å². The van der Waals surface area contributed by atoms with Gasteiger partial charge in [-0.25, -0.2) is 18.0 Å². The molecule has 8 heteroatoms. The Morgan fingerprint density at radius 1 is 0.641 bits per heavy atom. The van der Waals surface area contributed by atoms with Gasteiger partial charge in [0.1, 0.15) is 5.60 Å². The number of carbonyl (C=O) groups is 2. The number of carbonyl (C=O) groups excluding carboxylic acids is 2. The SMILES string of the molecule is CS(=O)(=O)c1ccc(S(OC(=O)C(=O)OC23CC4CC(CC(C4)C2)C3)(c2ccccc2)c2ccccc2)cc1. The standard InChI is InChI=1S/C31H32O6S2/c1-38(34,35)25-12-14-28(15-13-25)39(26-8-4-2-5-9-26,27-10-6-3-7-11-27)37-30(33)29(32)36-31-19-22-16-23(20-31)18-24(17-22)21-31/h2-15,22-24H,16-21H2,1H3. The van der Waals surface area contributed by atoms with Crippen LogP contribution in [-0.4, -0.2) is 32.2 Å². The molecule has 4 aliphatic rings. The van der Waals surface area contributed by atoms with Crippen LogP contribution in [0.15, 0.2) is 105 Å². The van der Waals surface area contributed by atoms with Crippen molar-refractivity contribution in [3.8, 4) is 0 Å². The molecule has 0 spiro atoms. The summed E-state index contributed by atoms with van der Waals surface area (Å²) >= 11 is 0. The molecule has 6 nitrogen and oxygen atoms in total. The predicted molar refractivity (Wildman–Crippen MR) is 148 cm³/mol. The van der Waals surface area contributed by atoms with E-state index < -0.39 is 37.7 Å². The van der Waals surface area contributed by atoms with Crippen molar-refractivity contribution in [3.63, 3.8) is 0 Å². The number of ether oxygens (including phenoxy) is 1. The van der Waals surface area contributed by atoms with E-state index in [4.69, 9.17) is 8.92 Å². The molecular formula is C31H32O6S2. The molecule has 0 saturated heterocycles. The summed E-state index contributed by atoms with van der Waals surface area (Å²) < 4.78 is 36.7. The number of sulfone groups is 1. The van der Waals surface area contributed by atoms with E-state index in [1.807, 2.05) is 60.7 Å². The van der Waals surface area contributed by atoms with Gasteiger partial charge in [0, 0.05) is 20.9 Å². The van der Waals surface area contributed by atoms with Crippen LogP contribution in [0.1, 0.15) is 38.5 Å². The van der Waals surface area contributed by atoms with Crippen molar-refractivity contribution in [2.24, 2.45) is 17.8 Å². The lowest BCUT2D eigenvalue weighted by molar-refractivity contribution is -0.192. The zero-order chi connectivity index (χ0) is 27.3. The summed E-state index contributed by atoms with van der Waals surface area (Å²) in [6.45, 7) is 0. The summed E-state index contributed by atoms with van der Waals surface area (Å²) in [4.78, 5) is 29.3. The second-order valence-electron chi connectivity index (χ2n) is 11.3. The fraction of sp³-hybridized carbons (Fsp3) is 0.355. The highest BCUT2D eigenvalue weighted by Gasteiger charge is 2.54. The van der Waals surface area contributed by atoms with Crippen LogP contribution < -0.4 is 0 Å². The molecule has 4 aliphatic carbocycles. The number of hydrogen-bond donors (Lipinski definition) is 0. The monoisotopic (exact) mass is 564 g/mol. The third-order valence-corrected chi connectivity index (χ3v) is 12.7. The Bertz CT molecular complexity index is 1410. The van der Waals surface area contributed by atoms with Gasteiger partial charge in [-0.15, -0.1) is 0 Å². The predicted octanol–water partition coefficient (Wildman–Crippen LogP) is 6.34. The number of esters is 1. The van der Waals surface area contributed by atoms with E-state index in [1.165, 1.54) is 31.4 Å². The lowest BCUT2D eigenvalue weighted by atomic mass is 9.54. The topological polar surface area (TPSA) is 86.7 Å². The molecule has 4 fully saturated rings. The summed E-state index contributed by atoms with van der Waals surface area (Å²) in [7, 11) is -6.18. The minimum atomic E-state index is -3.43. The Morgan fingerprint density at radius 2 is 1.05 bits per heavy atom. The largest absolute Gasteiger partial charge is 0.451 e. The van der Waals surface area contributed by atoms with Crippen molar-refractivity contribution in [1.29, 1.82) is 0 Å². The van der Waals surface area contributed by atoms with Crippen LogP contribution in [0.25, 0.3) is 0 Å². The molecule has 3 aromatic carbocycles. The summed E-state index contributed by atoms with van der Waals surface area (Å²) in [5, 5.41) is 0. The van der Waals surface area contributed by atoms with Crippen molar-refractivity contribution in [2.75, 3.05) is 6.26 Å². The summed E-state index contributed by atoms with van der Waals surface area (Å²) in [6.07, 6.45) is 7.19. The summed E-state index contributed by atoms with van der Waals surface area (Å²) in [5.41, 5.74) is -0.570. The van der Waals surface area contributed by atoms with Gasteiger partial charge in [-0.1, -0.05) is 36.4 Å². The molecule has 0 aliphatic heterocycles. The molecular weight excluding hydrogens is 532 g/mol. The zero-order valence-corrected chi connectivity index (χ0v) is 23.5.